The second kappa shape index (κ2) is 3.85. The summed E-state index contributed by atoms with van der Waals surface area (Å²) >= 11 is 0. The van der Waals surface area contributed by atoms with E-state index in [-0.39, 0.29) is 17.6 Å². The monoisotopic (exact) mass is 203 g/mol. The largest absolute Gasteiger partial charge is 0.312 e. The lowest BCUT2D eigenvalue weighted by molar-refractivity contribution is -0.123. The fourth-order valence-electron chi connectivity index (χ4n) is 1.84. The van der Waals surface area contributed by atoms with Crippen molar-refractivity contribution in [3.63, 3.8) is 0 Å². The normalized spacial score (nSPS) is 20.7. The summed E-state index contributed by atoms with van der Waals surface area (Å²) in [6.45, 7) is 2.07. The Morgan fingerprint density at radius 3 is 2.53 bits per heavy atom. The van der Waals surface area contributed by atoms with Crippen LogP contribution >= 0.6 is 0 Å². The van der Waals surface area contributed by atoms with E-state index in [1.807, 2.05) is 30.3 Å². The Labute approximate surface area is 88.7 Å². The van der Waals surface area contributed by atoms with Crippen molar-refractivity contribution in [1.82, 2.24) is 0 Å². The van der Waals surface area contributed by atoms with Crippen molar-refractivity contribution in [3.8, 4) is 0 Å². The first kappa shape index (κ1) is 9.90. The van der Waals surface area contributed by atoms with Crippen molar-refractivity contribution in [1.29, 1.82) is 0 Å². The summed E-state index contributed by atoms with van der Waals surface area (Å²) in [5.74, 6) is 0.0147. The molecule has 0 N–H and O–H groups in total. The number of anilines is 1. The van der Waals surface area contributed by atoms with Crippen LogP contribution in [-0.2, 0) is 9.59 Å². The van der Waals surface area contributed by atoms with Crippen LogP contribution in [-0.4, -0.2) is 18.2 Å². The fraction of sp³-hybridized carbons (Fsp3) is 0.333. The molecule has 0 radical (unpaired) electrons. The van der Waals surface area contributed by atoms with Crippen molar-refractivity contribution >= 4 is 17.4 Å². The Hall–Kier alpha value is -1.64. The number of ketones is 1. The highest BCUT2D eigenvalue weighted by Crippen LogP contribution is 2.24. The first-order chi connectivity index (χ1) is 7.18. The van der Waals surface area contributed by atoms with Gasteiger partial charge in [0.05, 0.1) is 0 Å². The van der Waals surface area contributed by atoms with E-state index in [0.29, 0.717) is 13.0 Å². The number of hydrogen-bond donors (Lipinski definition) is 0. The van der Waals surface area contributed by atoms with Crippen LogP contribution < -0.4 is 4.90 Å². The summed E-state index contributed by atoms with van der Waals surface area (Å²) in [4.78, 5) is 24.5. The lowest BCUT2D eigenvalue weighted by Gasteiger charge is -2.15. The molecule has 0 aromatic heterocycles. The summed E-state index contributed by atoms with van der Waals surface area (Å²) < 4.78 is 0. The van der Waals surface area contributed by atoms with Crippen LogP contribution in [0.1, 0.15) is 13.3 Å². The second-order valence-corrected chi connectivity index (χ2v) is 3.85. The lowest BCUT2D eigenvalue weighted by atomic mass is 10.1. The Kier molecular flexibility index (Phi) is 2.54. The van der Waals surface area contributed by atoms with Gasteiger partial charge in [0.1, 0.15) is 5.78 Å². The summed E-state index contributed by atoms with van der Waals surface area (Å²) in [6.07, 6.45) is 0.351. The minimum absolute atomic E-state index is 0.0430. The predicted octanol–water partition coefficient (Wildman–Crippen LogP) is 1.63. The van der Waals surface area contributed by atoms with Gasteiger partial charge in [-0.05, 0) is 19.1 Å². The number of amides is 1. The molecule has 1 aromatic rings. The number of carbonyl (C=O) groups is 2. The van der Waals surface area contributed by atoms with E-state index in [2.05, 4.69) is 0 Å². The molecule has 0 bridgehead atoms. The third-order valence-corrected chi connectivity index (χ3v) is 2.77. The molecule has 1 aromatic carbocycles. The molecule has 1 fully saturated rings. The highest BCUT2D eigenvalue weighted by Gasteiger charge is 2.32. The molecule has 1 aliphatic rings. The molecular weight excluding hydrogens is 190 g/mol. The van der Waals surface area contributed by atoms with E-state index in [9.17, 15) is 9.59 Å². The Bertz CT molecular complexity index is 386. The van der Waals surface area contributed by atoms with Gasteiger partial charge < -0.3 is 4.90 Å². The van der Waals surface area contributed by atoms with E-state index in [1.165, 1.54) is 0 Å². The molecule has 3 nitrogen and oxygen atoms in total. The van der Waals surface area contributed by atoms with Crippen LogP contribution in [0.5, 0.6) is 0 Å². The summed E-state index contributed by atoms with van der Waals surface area (Å²) in [7, 11) is 0. The van der Waals surface area contributed by atoms with Crippen LogP contribution in [0.15, 0.2) is 30.3 Å². The highest BCUT2D eigenvalue weighted by atomic mass is 16.2. The minimum Gasteiger partial charge on any atom is -0.312 e. The number of carbonyl (C=O) groups excluding carboxylic acids is 2. The summed E-state index contributed by atoms with van der Waals surface area (Å²) in [6, 6.07) is 9.47. The van der Waals surface area contributed by atoms with Gasteiger partial charge in [0.15, 0.2) is 0 Å². The number of benzene rings is 1. The molecule has 15 heavy (non-hydrogen) atoms. The van der Waals surface area contributed by atoms with Crippen molar-refractivity contribution < 1.29 is 9.59 Å². The molecule has 1 aliphatic heterocycles. The minimum atomic E-state index is -0.127. The third-order valence-electron chi connectivity index (χ3n) is 2.77. The van der Waals surface area contributed by atoms with Crippen LogP contribution in [0.3, 0.4) is 0 Å². The van der Waals surface area contributed by atoms with E-state index in [1.54, 1.807) is 11.8 Å². The fourth-order valence-corrected chi connectivity index (χ4v) is 1.84. The summed E-state index contributed by atoms with van der Waals surface area (Å²) in [5.41, 5.74) is 0.881. The molecule has 1 heterocycles. The van der Waals surface area contributed by atoms with Gasteiger partial charge >= 0.3 is 0 Å². The van der Waals surface area contributed by atoms with E-state index in [4.69, 9.17) is 0 Å². The molecule has 1 atom stereocenters. The zero-order valence-corrected chi connectivity index (χ0v) is 8.64. The maximum Gasteiger partial charge on any atom is 0.227 e. The lowest BCUT2D eigenvalue weighted by Crippen LogP contribution is -2.25. The van der Waals surface area contributed by atoms with Crippen molar-refractivity contribution in [3.05, 3.63) is 30.3 Å². The number of hydrogen-bond acceptors (Lipinski definition) is 2. The number of Topliss-reactive ketones (excluding diaryl/α,β-unsaturated/α-hetero) is 1. The smallest absolute Gasteiger partial charge is 0.227 e. The molecule has 2 rings (SSSR count). The maximum absolute atomic E-state index is 11.7. The average Bonchev–Trinajstić information content (AvgIpc) is 2.62. The molecule has 0 aliphatic carbocycles. The third kappa shape index (κ3) is 1.91. The summed E-state index contributed by atoms with van der Waals surface area (Å²) in [5, 5.41) is 0. The molecule has 0 unspecified atom stereocenters. The molecule has 0 spiro atoms. The SMILES string of the molecule is CC(=O)[C@@H]1CC(=O)N(c2ccccc2)C1. The van der Waals surface area contributed by atoms with Gasteiger partial charge in [-0.3, -0.25) is 9.59 Å². The van der Waals surface area contributed by atoms with E-state index >= 15 is 0 Å². The first-order valence-electron chi connectivity index (χ1n) is 5.04. The van der Waals surface area contributed by atoms with Crippen molar-refractivity contribution in [2.75, 3.05) is 11.4 Å². The van der Waals surface area contributed by atoms with Gasteiger partial charge in [0, 0.05) is 24.6 Å². The predicted molar refractivity (Wildman–Crippen MR) is 57.6 cm³/mol. The number of nitrogens with zero attached hydrogens (tertiary/aromatic N) is 1. The zero-order chi connectivity index (χ0) is 10.8. The van der Waals surface area contributed by atoms with Gasteiger partial charge in [0.2, 0.25) is 5.91 Å². The number of rotatable bonds is 2. The maximum atomic E-state index is 11.7. The second-order valence-electron chi connectivity index (χ2n) is 3.85. The quantitative estimate of drug-likeness (QED) is 0.732. The van der Waals surface area contributed by atoms with Gasteiger partial charge in [0.25, 0.3) is 0 Å². The zero-order valence-electron chi connectivity index (χ0n) is 8.64. The Morgan fingerprint density at radius 1 is 1.33 bits per heavy atom. The van der Waals surface area contributed by atoms with Crippen LogP contribution in [0.2, 0.25) is 0 Å². The number of para-hydroxylation sites is 1. The molecule has 78 valence electrons. The van der Waals surface area contributed by atoms with Gasteiger partial charge in [-0.2, -0.15) is 0 Å². The Balaban J connectivity index is 2.19. The standard InChI is InChI=1S/C12H13NO2/c1-9(14)10-7-12(15)13(8-10)11-5-3-2-4-6-11/h2-6,10H,7-8H2,1H3/t10-/m1/s1. The molecule has 1 saturated heterocycles. The van der Waals surface area contributed by atoms with Crippen molar-refractivity contribution in [2.45, 2.75) is 13.3 Å². The van der Waals surface area contributed by atoms with Crippen LogP contribution in [0, 0.1) is 5.92 Å². The van der Waals surface area contributed by atoms with Gasteiger partial charge in [-0.25, -0.2) is 0 Å². The highest BCUT2D eigenvalue weighted by molar-refractivity contribution is 6.00. The first-order valence-corrected chi connectivity index (χ1v) is 5.04. The van der Waals surface area contributed by atoms with Crippen LogP contribution in [0.4, 0.5) is 5.69 Å². The van der Waals surface area contributed by atoms with Gasteiger partial charge in [-0.1, -0.05) is 18.2 Å². The average molecular weight is 203 g/mol. The molecular formula is C12H13NO2. The van der Waals surface area contributed by atoms with E-state index in [0.717, 1.165) is 5.69 Å². The molecule has 1 amide bonds. The van der Waals surface area contributed by atoms with Crippen LogP contribution in [0.25, 0.3) is 0 Å². The van der Waals surface area contributed by atoms with Crippen molar-refractivity contribution in [2.24, 2.45) is 5.92 Å². The molecule has 3 heteroatoms. The Morgan fingerprint density at radius 2 is 2.00 bits per heavy atom. The molecule has 0 saturated carbocycles. The van der Waals surface area contributed by atoms with Gasteiger partial charge in [-0.15, -0.1) is 0 Å². The van der Waals surface area contributed by atoms with E-state index < -0.39 is 0 Å². The topological polar surface area (TPSA) is 37.4 Å².